The zero-order valence-electron chi connectivity index (χ0n) is 15.4. The summed E-state index contributed by atoms with van der Waals surface area (Å²) in [6.45, 7) is 2.09. The van der Waals surface area contributed by atoms with E-state index in [4.69, 9.17) is 4.98 Å². The minimum atomic E-state index is -0.172. The number of H-pyrrole nitrogens is 1. The second-order valence-electron chi connectivity index (χ2n) is 6.64. The lowest BCUT2D eigenvalue weighted by atomic mass is 10.2. The number of fused-ring (bicyclic) bond motifs is 2. The molecule has 7 nitrogen and oxygen atoms in total. The molecule has 0 saturated heterocycles. The van der Waals surface area contributed by atoms with Crippen LogP contribution in [-0.2, 0) is 20.5 Å². The van der Waals surface area contributed by atoms with Crippen molar-refractivity contribution in [3.05, 3.63) is 46.5 Å². The zero-order valence-corrected chi connectivity index (χ0v) is 15.4. The highest BCUT2D eigenvalue weighted by Gasteiger charge is 2.17. The molecule has 0 atom stereocenters. The van der Waals surface area contributed by atoms with Crippen molar-refractivity contribution in [2.75, 3.05) is 11.9 Å². The first-order chi connectivity index (χ1) is 12.5. The molecule has 0 fully saturated rings. The van der Waals surface area contributed by atoms with Crippen LogP contribution in [0.3, 0.4) is 0 Å². The molecule has 7 heteroatoms. The van der Waals surface area contributed by atoms with Gasteiger partial charge in [0.15, 0.2) is 5.52 Å². The Balaban J connectivity index is 1.85. The van der Waals surface area contributed by atoms with E-state index >= 15 is 0 Å². The van der Waals surface area contributed by atoms with Gasteiger partial charge in [-0.2, -0.15) is 5.10 Å². The molecule has 134 valence electrons. The third-order valence-electron chi connectivity index (χ3n) is 4.81. The van der Waals surface area contributed by atoms with Gasteiger partial charge in [0.25, 0.3) is 5.56 Å². The second-order valence-corrected chi connectivity index (χ2v) is 6.64. The van der Waals surface area contributed by atoms with Crippen LogP contribution >= 0.6 is 0 Å². The van der Waals surface area contributed by atoms with Gasteiger partial charge in [-0.15, -0.1) is 0 Å². The molecule has 3 heterocycles. The van der Waals surface area contributed by atoms with Crippen molar-refractivity contribution in [1.29, 1.82) is 0 Å². The van der Waals surface area contributed by atoms with Gasteiger partial charge in [-0.3, -0.25) is 14.5 Å². The molecule has 0 bridgehead atoms. The summed E-state index contributed by atoms with van der Waals surface area (Å²) in [5.74, 6) is 0.515. The highest BCUT2D eigenvalue weighted by atomic mass is 16.1. The van der Waals surface area contributed by atoms with Crippen molar-refractivity contribution in [1.82, 2.24) is 24.3 Å². The number of aryl methyl sites for hydroxylation is 3. The molecule has 0 spiro atoms. The summed E-state index contributed by atoms with van der Waals surface area (Å²) in [5.41, 5.74) is 3.98. The molecule has 0 radical (unpaired) electrons. The maximum absolute atomic E-state index is 12.6. The van der Waals surface area contributed by atoms with Crippen LogP contribution in [0.15, 0.2) is 35.3 Å². The highest BCUT2D eigenvalue weighted by Crippen LogP contribution is 2.26. The minimum Gasteiger partial charge on any atom is -0.350 e. The van der Waals surface area contributed by atoms with Gasteiger partial charge < -0.3 is 9.47 Å². The standard InChI is InChI=1S/C19H22N6O/c1-5-6-14-16-17(25(4)22-14)18(26)21-19(20-16)24(3)13-8-7-12-9-10-23(2)15(12)11-13/h7-11H,5-6H2,1-4H3,(H,20,21,26). The van der Waals surface area contributed by atoms with Crippen molar-refractivity contribution < 1.29 is 0 Å². The topological polar surface area (TPSA) is 71.7 Å². The lowest BCUT2D eigenvalue weighted by Gasteiger charge is -2.18. The van der Waals surface area contributed by atoms with Gasteiger partial charge in [-0.25, -0.2) is 4.98 Å². The molecule has 3 aromatic heterocycles. The van der Waals surface area contributed by atoms with Crippen LogP contribution in [0, 0.1) is 0 Å². The van der Waals surface area contributed by atoms with Crippen LogP contribution in [0.25, 0.3) is 21.9 Å². The van der Waals surface area contributed by atoms with E-state index in [1.807, 2.05) is 31.3 Å². The molecule has 4 rings (SSSR count). The quantitative estimate of drug-likeness (QED) is 0.614. The molecule has 0 unspecified atom stereocenters. The summed E-state index contributed by atoms with van der Waals surface area (Å²) in [6.07, 6.45) is 3.79. The Hall–Kier alpha value is -3.09. The van der Waals surface area contributed by atoms with Crippen LogP contribution in [-0.4, -0.2) is 31.4 Å². The number of benzene rings is 1. The fourth-order valence-corrected chi connectivity index (χ4v) is 3.38. The van der Waals surface area contributed by atoms with Crippen LogP contribution in [0.5, 0.6) is 0 Å². The highest BCUT2D eigenvalue weighted by molar-refractivity contribution is 5.85. The normalized spacial score (nSPS) is 11.5. The number of hydrogen-bond donors (Lipinski definition) is 1. The lowest BCUT2D eigenvalue weighted by molar-refractivity contribution is 0.750. The van der Waals surface area contributed by atoms with Gasteiger partial charge in [0, 0.05) is 38.5 Å². The van der Waals surface area contributed by atoms with Crippen LogP contribution in [0.1, 0.15) is 19.0 Å². The molecule has 0 amide bonds. The lowest BCUT2D eigenvalue weighted by Crippen LogP contribution is -2.19. The molecule has 4 aromatic rings. The number of anilines is 2. The molecule has 0 aliphatic rings. The number of aromatic nitrogens is 5. The predicted octanol–water partition coefficient (Wildman–Crippen LogP) is 2.87. The van der Waals surface area contributed by atoms with E-state index in [0.717, 1.165) is 29.7 Å². The number of rotatable bonds is 4. The van der Waals surface area contributed by atoms with Crippen LogP contribution in [0.4, 0.5) is 11.6 Å². The number of nitrogens with one attached hydrogen (secondary N) is 1. The Morgan fingerprint density at radius 2 is 2.04 bits per heavy atom. The van der Waals surface area contributed by atoms with Gasteiger partial charge >= 0.3 is 0 Å². The van der Waals surface area contributed by atoms with E-state index in [-0.39, 0.29) is 5.56 Å². The molecule has 0 aliphatic heterocycles. The first-order valence-electron chi connectivity index (χ1n) is 8.74. The summed E-state index contributed by atoms with van der Waals surface area (Å²) >= 11 is 0. The first-order valence-corrected chi connectivity index (χ1v) is 8.74. The fourth-order valence-electron chi connectivity index (χ4n) is 3.38. The van der Waals surface area contributed by atoms with Crippen molar-refractivity contribution in [3.8, 4) is 0 Å². The van der Waals surface area contributed by atoms with E-state index in [1.54, 1.807) is 11.7 Å². The predicted molar refractivity (Wildman–Crippen MR) is 104 cm³/mol. The first kappa shape index (κ1) is 16.4. The molecule has 1 N–H and O–H groups in total. The Kier molecular flexibility index (Phi) is 3.79. The fraction of sp³-hybridized carbons (Fsp3) is 0.316. The van der Waals surface area contributed by atoms with Gasteiger partial charge in [-0.1, -0.05) is 19.4 Å². The van der Waals surface area contributed by atoms with Crippen molar-refractivity contribution in [3.63, 3.8) is 0 Å². The Bertz CT molecular complexity index is 1170. The summed E-state index contributed by atoms with van der Waals surface area (Å²) in [5, 5.41) is 5.65. The largest absolute Gasteiger partial charge is 0.350 e. The second kappa shape index (κ2) is 6.01. The van der Waals surface area contributed by atoms with E-state index in [9.17, 15) is 4.79 Å². The molecule has 0 aliphatic carbocycles. The summed E-state index contributed by atoms with van der Waals surface area (Å²) in [4.78, 5) is 22.1. The SMILES string of the molecule is CCCc1nn(C)c2c(=O)[nH]c(N(C)c3ccc4ccn(C)c4c3)nc12. The molecular weight excluding hydrogens is 328 g/mol. The summed E-state index contributed by atoms with van der Waals surface area (Å²) in [7, 11) is 5.71. The Morgan fingerprint density at radius 1 is 1.23 bits per heavy atom. The van der Waals surface area contributed by atoms with Crippen molar-refractivity contribution in [2.45, 2.75) is 19.8 Å². The zero-order chi connectivity index (χ0) is 18.4. The van der Waals surface area contributed by atoms with Crippen molar-refractivity contribution in [2.24, 2.45) is 14.1 Å². The molecule has 1 aromatic carbocycles. The number of hydrogen-bond acceptors (Lipinski definition) is 4. The monoisotopic (exact) mass is 350 g/mol. The Labute approximate surface area is 150 Å². The number of aromatic amines is 1. The maximum Gasteiger partial charge on any atom is 0.278 e. The van der Waals surface area contributed by atoms with Gasteiger partial charge in [-0.05, 0) is 30.0 Å². The third kappa shape index (κ3) is 2.47. The van der Waals surface area contributed by atoms with Gasteiger partial charge in [0.1, 0.15) is 5.52 Å². The molecule has 26 heavy (non-hydrogen) atoms. The third-order valence-corrected chi connectivity index (χ3v) is 4.81. The van der Waals surface area contributed by atoms with E-state index in [2.05, 4.69) is 39.8 Å². The van der Waals surface area contributed by atoms with Crippen LogP contribution < -0.4 is 10.5 Å². The average molecular weight is 350 g/mol. The smallest absolute Gasteiger partial charge is 0.278 e. The van der Waals surface area contributed by atoms with Gasteiger partial charge in [0.05, 0.1) is 5.69 Å². The summed E-state index contributed by atoms with van der Waals surface area (Å²) in [6, 6.07) is 8.28. The minimum absolute atomic E-state index is 0.172. The Morgan fingerprint density at radius 3 is 2.81 bits per heavy atom. The maximum atomic E-state index is 12.6. The molecular formula is C19H22N6O. The summed E-state index contributed by atoms with van der Waals surface area (Å²) < 4.78 is 3.69. The van der Waals surface area contributed by atoms with E-state index < -0.39 is 0 Å². The molecule has 0 saturated carbocycles. The van der Waals surface area contributed by atoms with Gasteiger partial charge in [0.2, 0.25) is 5.95 Å². The number of nitrogens with zero attached hydrogens (tertiary/aromatic N) is 5. The van der Waals surface area contributed by atoms with E-state index in [0.29, 0.717) is 17.0 Å². The van der Waals surface area contributed by atoms with Crippen LogP contribution in [0.2, 0.25) is 0 Å². The average Bonchev–Trinajstić information content (AvgIpc) is 3.15. The van der Waals surface area contributed by atoms with Crippen molar-refractivity contribution >= 4 is 33.6 Å². The van der Waals surface area contributed by atoms with E-state index in [1.165, 1.54) is 5.39 Å².